The Hall–Kier alpha value is -3.23. The molecular formula is C13H15N7O2. The van der Waals surface area contributed by atoms with Gasteiger partial charge in [0.25, 0.3) is 11.7 Å². The first kappa shape index (κ1) is 15.2. The van der Waals surface area contributed by atoms with Crippen molar-refractivity contribution < 1.29 is 9.59 Å². The second-order valence-electron chi connectivity index (χ2n) is 4.32. The molecule has 2 aromatic rings. The Kier molecular flexibility index (Phi) is 4.81. The molecule has 2 heterocycles. The molecule has 22 heavy (non-hydrogen) atoms. The van der Waals surface area contributed by atoms with Crippen LogP contribution in [0, 0.1) is 0 Å². The average molecular weight is 301 g/mol. The number of carbonyl (C=O) groups is 2. The summed E-state index contributed by atoms with van der Waals surface area (Å²) in [5.41, 5.74) is 0.402. The van der Waals surface area contributed by atoms with Gasteiger partial charge in [0, 0.05) is 24.5 Å². The summed E-state index contributed by atoms with van der Waals surface area (Å²) in [5.74, 6) is -0.185. The van der Waals surface area contributed by atoms with Crippen LogP contribution in [0.25, 0.3) is 5.82 Å². The number of aromatic nitrogens is 5. The summed E-state index contributed by atoms with van der Waals surface area (Å²) in [6.07, 6.45) is 4.72. The van der Waals surface area contributed by atoms with E-state index in [1.807, 2.05) is 0 Å². The Balaban J connectivity index is 1.82. The van der Waals surface area contributed by atoms with Crippen LogP contribution in [0.3, 0.4) is 0 Å². The van der Waals surface area contributed by atoms with E-state index in [1.54, 1.807) is 31.3 Å². The van der Waals surface area contributed by atoms with Gasteiger partial charge in [0.05, 0.1) is 0 Å². The Bertz CT molecular complexity index is 700. The van der Waals surface area contributed by atoms with Crippen molar-refractivity contribution in [2.24, 2.45) is 0 Å². The molecule has 3 N–H and O–H groups in total. The topological polar surface area (TPSA) is 118 Å². The molecule has 0 spiro atoms. The molecule has 2 rings (SSSR count). The number of tetrazole rings is 1. The monoisotopic (exact) mass is 301 g/mol. The van der Waals surface area contributed by atoms with E-state index < -0.39 is 5.91 Å². The van der Waals surface area contributed by atoms with E-state index in [0.717, 1.165) is 0 Å². The number of nitrogens with one attached hydrogen (secondary N) is 3. The van der Waals surface area contributed by atoms with Crippen LogP contribution in [-0.4, -0.2) is 43.6 Å². The van der Waals surface area contributed by atoms with Gasteiger partial charge >= 0.3 is 0 Å². The van der Waals surface area contributed by atoms with Crippen LogP contribution in [0.4, 0.5) is 0 Å². The van der Waals surface area contributed by atoms with E-state index >= 15 is 0 Å². The molecule has 0 aliphatic heterocycles. The van der Waals surface area contributed by atoms with Crippen LogP contribution < -0.4 is 10.6 Å². The minimum atomic E-state index is -0.464. The highest BCUT2D eigenvalue weighted by Gasteiger charge is 2.12. The summed E-state index contributed by atoms with van der Waals surface area (Å²) in [7, 11) is 0. The highest BCUT2D eigenvalue weighted by molar-refractivity contribution is 5.92. The highest BCUT2D eigenvalue weighted by Crippen LogP contribution is 1.99. The van der Waals surface area contributed by atoms with Gasteiger partial charge in [-0.2, -0.15) is 0 Å². The van der Waals surface area contributed by atoms with Gasteiger partial charge in [-0.25, -0.2) is 0 Å². The number of hydrogen-bond acceptors (Lipinski definition) is 5. The zero-order valence-corrected chi connectivity index (χ0v) is 11.9. The fraction of sp³-hybridized carbons (Fsp3) is 0.154. The number of amides is 2. The molecule has 0 aromatic carbocycles. The predicted octanol–water partition coefficient (Wildman–Crippen LogP) is -0.0738. The molecule has 0 bridgehead atoms. The van der Waals surface area contributed by atoms with E-state index in [2.05, 4.69) is 37.6 Å². The van der Waals surface area contributed by atoms with Crippen molar-refractivity contribution in [1.29, 1.82) is 0 Å². The van der Waals surface area contributed by atoms with E-state index in [0.29, 0.717) is 11.4 Å². The lowest BCUT2D eigenvalue weighted by atomic mass is 10.3. The molecule has 0 radical (unpaired) electrons. The maximum absolute atomic E-state index is 11.8. The van der Waals surface area contributed by atoms with Gasteiger partial charge < -0.3 is 15.6 Å². The number of aromatic amines is 1. The SMILES string of the molecule is C=C(C)C(=O)N/C=C/CNC(=O)c1nnn(-c2ccc[nH]2)n1. The summed E-state index contributed by atoms with van der Waals surface area (Å²) >= 11 is 0. The van der Waals surface area contributed by atoms with Crippen LogP contribution in [0.1, 0.15) is 17.5 Å². The normalized spacial score (nSPS) is 10.6. The summed E-state index contributed by atoms with van der Waals surface area (Å²) < 4.78 is 0. The molecule has 0 unspecified atom stereocenters. The maximum atomic E-state index is 11.8. The number of carbonyl (C=O) groups excluding carboxylic acids is 2. The van der Waals surface area contributed by atoms with Crippen molar-refractivity contribution in [1.82, 2.24) is 35.8 Å². The summed E-state index contributed by atoms with van der Waals surface area (Å²) in [4.78, 5) is 27.1. The molecular weight excluding hydrogens is 286 g/mol. The first-order valence-electron chi connectivity index (χ1n) is 6.41. The van der Waals surface area contributed by atoms with E-state index in [4.69, 9.17) is 0 Å². The Labute approximate surface area is 126 Å². The van der Waals surface area contributed by atoms with Crippen molar-refractivity contribution in [3.63, 3.8) is 0 Å². The van der Waals surface area contributed by atoms with Crippen LogP contribution in [-0.2, 0) is 4.79 Å². The number of hydrogen-bond donors (Lipinski definition) is 3. The van der Waals surface area contributed by atoms with Gasteiger partial charge in [-0.3, -0.25) is 9.59 Å². The van der Waals surface area contributed by atoms with E-state index in [-0.39, 0.29) is 18.3 Å². The summed E-state index contributed by atoms with van der Waals surface area (Å²) in [6, 6.07) is 3.53. The van der Waals surface area contributed by atoms with Crippen molar-refractivity contribution >= 4 is 11.8 Å². The lowest BCUT2D eigenvalue weighted by Gasteiger charge is -1.98. The van der Waals surface area contributed by atoms with Crippen LogP contribution in [0.2, 0.25) is 0 Å². The second-order valence-corrected chi connectivity index (χ2v) is 4.32. The summed E-state index contributed by atoms with van der Waals surface area (Å²) in [6.45, 7) is 5.32. The third-order valence-corrected chi connectivity index (χ3v) is 2.51. The maximum Gasteiger partial charge on any atom is 0.293 e. The molecule has 0 atom stereocenters. The fourth-order valence-electron chi connectivity index (χ4n) is 1.40. The number of nitrogens with zero attached hydrogens (tertiary/aromatic N) is 4. The van der Waals surface area contributed by atoms with Crippen molar-refractivity contribution in [3.8, 4) is 5.82 Å². The molecule has 0 saturated carbocycles. The zero-order chi connectivity index (χ0) is 15.9. The Morgan fingerprint density at radius 1 is 1.50 bits per heavy atom. The lowest BCUT2D eigenvalue weighted by Crippen LogP contribution is -2.25. The molecule has 0 saturated heterocycles. The Morgan fingerprint density at radius 2 is 2.32 bits per heavy atom. The van der Waals surface area contributed by atoms with Gasteiger partial charge in [-0.1, -0.05) is 6.58 Å². The zero-order valence-electron chi connectivity index (χ0n) is 11.9. The minimum Gasteiger partial charge on any atom is -0.346 e. The standard InChI is InChI=1S/C13H15N7O2/c1-9(2)12(21)15-7-4-8-16-13(22)11-17-19-20(18-11)10-5-3-6-14-10/h3-7,14H,1,8H2,2H3,(H,15,21)(H,16,22)/b7-4+. The average Bonchev–Trinajstić information content (AvgIpc) is 3.16. The predicted molar refractivity (Wildman–Crippen MR) is 77.9 cm³/mol. The number of rotatable bonds is 6. The molecule has 2 amide bonds. The molecule has 2 aromatic heterocycles. The Morgan fingerprint density at radius 3 is 3.00 bits per heavy atom. The number of H-pyrrole nitrogens is 1. The minimum absolute atomic E-state index is 0.0472. The van der Waals surface area contributed by atoms with Gasteiger partial charge in [-0.05, 0) is 30.3 Å². The largest absolute Gasteiger partial charge is 0.346 e. The molecule has 9 nitrogen and oxygen atoms in total. The smallest absolute Gasteiger partial charge is 0.293 e. The van der Waals surface area contributed by atoms with Crippen molar-refractivity contribution in [2.45, 2.75) is 6.92 Å². The van der Waals surface area contributed by atoms with Crippen molar-refractivity contribution in [3.05, 3.63) is 48.6 Å². The van der Waals surface area contributed by atoms with Crippen LogP contribution in [0.5, 0.6) is 0 Å². The van der Waals surface area contributed by atoms with E-state index in [1.165, 1.54) is 11.0 Å². The molecule has 114 valence electrons. The lowest BCUT2D eigenvalue weighted by molar-refractivity contribution is -0.116. The first-order valence-corrected chi connectivity index (χ1v) is 6.41. The van der Waals surface area contributed by atoms with Crippen molar-refractivity contribution in [2.75, 3.05) is 6.54 Å². The van der Waals surface area contributed by atoms with E-state index in [9.17, 15) is 9.59 Å². The van der Waals surface area contributed by atoms with Gasteiger partial charge in [-0.15, -0.1) is 15.0 Å². The van der Waals surface area contributed by atoms with Gasteiger partial charge in [0.15, 0.2) is 5.82 Å². The molecule has 0 aliphatic carbocycles. The van der Waals surface area contributed by atoms with Gasteiger partial charge in [0.2, 0.25) is 5.91 Å². The highest BCUT2D eigenvalue weighted by atomic mass is 16.2. The third kappa shape index (κ3) is 3.88. The first-order chi connectivity index (χ1) is 10.6. The quantitative estimate of drug-likeness (QED) is 0.645. The summed E-state index contributed by atoms with van der Waals surface area (Å²) in [5, 5.41) is 16.4. The molecule has 9 heteroatoms. The van der Waals surface area contributed by atoms with Crippen LogP contribution >= 0.6 is 0 Å². The third-order valence-electron chi connectivity index (χ3n) is 2.51. The molecule has 0 aliphatic rings. The fourth-order valence-corrected chi connectivity index (χ4v) is 1.40. The molecule has 0 fully saturated rings. The van der Waals surface area contributed by atoms with Crippen LogP contribution in [0.15, 0.2) is 42.8 Å². The van der Waals surface area contributed by atoms with Gasteiger partial charge in [0.1, 0.15) is 0 Å². The second kappa shape index (κ2) is 6.97.